The first-order valence-electron chi connectivity index (χ1n) is 22.5. The Balaban J connectivity index is 3.48. The number of aliphatic hydroxyl groups excluding tert-OH is 2. The molecular weight excluding hydrogens is 634 g/mol. The van der Waals surface area contributed by atoms with Crippen LogP contribution in [-0.2, 0) is 14.3 Å². The molecule has 0 rings (SSSR count). The van der Waals surface area contributed by atoms with Gasteiger partial charge in [-0.15, -0.1) is 0 Å². The molecule has 302 valence electrons. The highest BCUT2D eigenvalue weighted by Crippen LogP contribution is 2.15. The van der Waals surface area contributed by atoms with Crippen molar-refractivity contribution >= 4 is 11.9 Å². The van der Waals surface area contributed by atoms with Crippen LogP contribution in [0.15, 0.2) is 12.2 Å². The highest BCUT2D eigenvalue weighted by atomic mass is 16.5. The molecule has 0 aromatic rings. The summed E-state index contributed by atoms with van der Waals surface area (Å²) in [6.45, 7) is 4.84. The lowest BCUT2D eigenvalue weighted by Gasteiger charge is -2.20. The van der Waals surface area contributed by atoms with E-state index < -0.39 is 12.1 Å². The summed E-state index contributed by atoms with van der Waals surface area (Å²) in [6.07, 6.45) is 44.8. The maximum atomic E-state index is 12.3. The quantitative estimate of drug-likeness (QED) is 0.0332. The summed E-state index contributed by atoms with van der Waals surface area (Å²) in [5, 5.41) is 22.9. The van der Waals surface area contributed by atoms with E-state index in [-0.39, 0.29) is 18.5 Å². The van der Waals surface area contributed by atoms with Crippen LogP contribution in [0.1, 0.15) is 239 Å². The Morgan fingerprint density at radius 2 is 0.902 bits per heavy atom. The van der Waals surface area contributed by atoms with Gasteiger partial charge in [-0.25, -0.2) is 0 Å². The molecule has 0 aliphatic heterocycles. The fourth-order valence-corrected chi connectivity index (χ4v) is 6.81. The van der Waals surface area contributed by atoms with Crippen molar-refractivity contribution in [3.8, 4) is 0 Å². The highest BCUT2D eigenvalue weighted by Gasteiger charge is 2.18. The first-order valence-corrected chi connectivity index (χ1v) is 22.5. The Hall–Kier alpha value is -1.40. The van der Waals surface area contributed by atoms with E-state index in [0.717, 1.165) is 57.8 Å². The Bertz CT molecular complexity index is 757. The van der Waals surface area contributed by atoms with Crippen LogP contribution in [0.2, 0.25) is 0 Å². The zero-order valence-corrected chi connectivity index (χ0v) is 34.1. The summed E-state index contributed by atoms with van der Waals surface area (Å²) >= 11 is 0. The number of aliphatic hydroxyl groups is 2. The Labute approximate surface area is 317 Å². The van der Waals surface area contributed by atoms with Gasteiger partial charge in [0.25, 0.3) is 0 Å². The molecule has 0 spiro atoms. The fourth-order valence-electron chi connectivity index (χ4n) is 6.81. The molecule has 0 aromatic heterocycles. The summed E-state index contributed by atoms with van der Waals surface area (Å²) in [6, 6.07) is -0.636. The van der Waals surface area contributed by atoms with Gasteiger partial charge in [0.2, 0.25) is 5.91 Å². The van der Waals surface area contributed by atoms with Gasteiger partial charge in [-0.05, 0) is 32.1 Å². The van der Waals surface area contributed by atoms with Crippen molar-refractivity contribution in [3.05, 3.63) is 12.2 Å². The third-order valence-corrected chi connectivity index (χ3v) is 10.3. The SMILES string of the molecule is CCCCCCCCCC/C=C/C(O)C(CO)NC(=O)CCCCCCCCCCCCCCOC(=O)CCCCCCCCCCCCCC. The highest BCUT2D eigenvalue weighted by molar-refractivity contribution is 5.76. The van der Waals surface area contributed by atoms with E-state index in [1.54, 1.807) is 6.08 Å². The Morgan fingerprint density at radius 3 is 1.33 bits per heavy atom. The number of hydrogen-bond acceptors (Lipinski definition) is 5. The number of carbonyl (C=O) groups excluding carboxylic acids is 2. The summed E-state index contributed by atoms with van der Waals surface area (Å²) in [7, 11) is 0. The van der Waals surface area contributed by atoms with Gasteiger partial charge in [0.1, 0.15) is 0 Å². The average molecular weight is 722 g/mol. The number of carbonyl (C=O) groups is 2. The van der Waals surface area contributed by atoms with E-state index in [2.05, 4.69) is 19.2 Å². The molecule has 2 atom stereocenters. The van der Waals surface area contributed by atoms with Gasteiger partial charge >= 0.3 is 5.97 Å². The van der Waals surface area contributed by atoms with Gasteiger partial charge in [-0.3, -0.25) is 9.59 Å². The van der Waals surface area contributed by atoms with Crippen LogP contribution in [0.3, 0.4) is 0 Å². The van der Waals surface area contributed by atoms with E-state index in [0.29, 0.717) is 19.4 Å². The van der Waals surface area contributed by atoms with Gasteiger partial charge in [0, 0.05) is 12.8 Å². The summed E-state index contributed by atoms with van der Waals surface area (Å²) in [5.41, 5.74) is 0. The molecule has 6 heteroatoms. The largest absolute Gasteiger partial charge is 0.466 e. The van der Waals surface area contributed by atoms with Crippen LogP contribution >= 0.6 is 0 Å². The topological polar surface area (TPSA) is 95.9 Å². The minimum Gasteiger partial charge on any atom is -0.466 e. The molecule has 0 saturated carbocycles. The minimum absolute atomic E-state index is 0.0109. The predicted octanol–water partition coefficient (Wildman–Crippen LogP) is 12.6. The van der Waals surface area contributed by atoms with Gasteiger partial charge in [0.05, 0.1) is 25.4 Å². The van der Waals surface area contributed by atoms with Crippen LogP contribution < -0.4 is 5.32 Å². The van der Waals surface area contributed by atoms with Crippen molar-refractivity contribution in [1.29, 1.82) is 0 Å². The van der Waals surface area contributed by atoms with Crippen molar-refractivity contribution < 1.29 is 24.5 Å². The number of ether oxygens (including phenoxy) is 1. The van der Waals surface area contributed by atoms with Crippen LogP contribution in [0.4, 0.5) is 0 Å². The van der Waals surface area contributed by atoms with Crippen LogP contribution in [0, 0.1) is 0 Å². The third-order valence-electron chi connectivity index (χ3n) is 10.3. The zero-order valence-electron chi connectivity index (χ0n) is 34.1. The number of hydrogen-bond donors (Lipinski definition) is 3. The maximum Gasteiger partial charge on any atom is 0.305 e. The molecule has 51 heavy (non-hydrogen) atoms. The lowest BCUT2D eigenvalue weighted by atomic mass is 10.0. The van der Waals surface area contributed by atoms with E-state index in [4.69, 9.17) is 4.74 Å². The molecule has 0 aliphatic carbocycles. The number of nitrogens with one attached hydrogen (secondary N) is 1. The molecule has 0 heterocycles. The lowest BCUT2D eigenvalue weighted by Crippen LogP contribution is -2.45. The average Bonchev–Trinajstić information content (AvgIpc) is 3.13. The van der Waals surface area contributed by atoms with Crippen molar-refractivity contribution in [2.75, 3.05) is 13.2 Å². The molecule has 1 amide bonds. The molecule has 2 unspecified atom stereocenters. The zero-order chi connectivity index (χ0) is 37.3. The van der Waals surface area contributed by atoms with Crippen LogP contribution in [0.5, 0.6) is 0 Å². The Kier molecular flexibility index (Phi) is 40.2. The monoisotopic (exact) mass is 722 g/mol. The van der Waals surface area contributed by atoms with Crippen LogP contribution in [0.25, 0.3) is 0 Å². The molecular formula is C45H87NO5. The van der Waals surface area contributed by atoms with E-state index in [1.807, 2.05) is 6.08 Å². The van der Waals surface area contributed by atoms with Crippen molar-refractivity contribution in [3.63, 3.8) is 0 Å². The molecule has 3 N–H and O–H groups in total. The molecule has 0 aromatic carbocycles. The van der Waals surface area contributed by atoms with Gasteiger partial charge in [0.15, 0.2) is 0 Å². The standard InChI is InChI=1S/C45H87NO5/c1-3-5-7-9-11-13-15-19-23-27-31-35-39-45(50)51-40-36-32-28-24-20-17-16-18-22-26-30-34-38-44(49)46-42(41-47)43(48)37-33-29-25-21-14-12-10-8-6-4-2/h33,37,42-43,47-48H,3-32,34-36,38-41H2,1-2H3,(H,46,49)/b37-33+. The molecule has 0 aliphatic rings. The van der Waals surface area contributed by atoms with E-state index >= 15 is 0 Å². The number of rotatable bonds is 41. The summed E-state index contributed by atoms with van der Waals surface area (Å²) in [4.78, 5) is 24.3. The van der Waals surface area contributed by atoms with E-state index in [1.165, 1.54) is 154 Å². The van der Waals surface area contributed by atoms with E-state index in [9.17, 15) is 19.8 Å². The number of amides is 1. The summed E-state index contributed by atoms with van der Waals surface area (Å²) < 4.78 is 5.44. The van der Waals surface area contributed by atoms with Gasteiger partial charge in [-0.1, -0.05) is 206 Å². The molecule has 0 saturated heterocycles. The lowest BCUT2D eigenvalue weighted by molar-refractivity contribution is -0.143. The minimum atomic E-state index is -0.851. The van der Waals surface area contributed by atoms with Crippen molar-refractivity contribution in [2.24, 2.45) is 0 Å². The molecule has 6 nitrogen and oxygen atoms in total. The second-order valence-electron chi connectivity index (χ2n) is 15.4. The van der Waals surface area contributed by atoms with Gasteiger partial charge in [-0.2, -0.15) is 0 Å². The first-order chi connectivity index (χ1) is 25.0. The second-order valence-corrected chi connectivity index (χ2v) is 15.4. The predicted molar refractivity (Wildman–Crippen MR) is 218 cm³/mol. The Morgan fingerprint density at radius 1 is 0.529 bits per heavy atom. The normalized spacial score (nSPS) is 12.8. The van der Waals surface area contributed by atoms with Gasteiger partial charge < -0.3 is 20.3 Å². The number of unbranched alkanes of at least 4 members (excludes halogenated alkanes) is 30. The first kappa shape index (κ1) is 49.6. The summed E-state index contributed by atoms with van der Waals surface area (Å²) in [5.74, 6) is -0.0965. The van der Waals surface area contributed by atoms with Crippen molar-refractivity contribution in [2.45, 2.75) is 251 Å². The molecule has 0 bridgehead atoms. The number of esters is 1. The molecule has 0 fully saturated rings. The smallest absolute Gasteiger partial charge is 0.305 e. The maximum absolute atomic E-state index is 12.3. The number of allylic oxidation sites excluding steroid dienone is 1. The van der Waals surface area contributed by atoms with Crippen molar-refractivity contribution in [1.82, 2.24) is 5.32 Å². The van der Waals surface area contributed by atoms with Crippen LogP contribution in [-0.4, -0.2) is 47.4 Å². The molecule has 0 radical (unpaired) electrons. The fraction of sp³-hybridized carbons (Fsp3) is 0.911. The third kappa shape index (κ3) is 38.1. The second kappa shape index (κ2) is 41.4.